The number of ketones is 1. The van der Waals surface area contributed by atoms with Crippen molar-refractivity contribution >= 4 is 5.78 Å². The molecule has 0 aromatic carbocycles. The fourth-order valence-electron chi connectivity index (χ4n) is 2.54. The zero-order valence-corrected chi connectivity index (χ0v) is 17.3. The number of hydrogen-bond donors (Lipinski definition) is 0. The molecule has 0 N–H and O–H groups in total. The molecular weight excluding hydrogens is 300 g/mol. The largest absolute Gasteiger partial charge is 0.375 e. The molecule has 0 fully saturated rings. The smallest absolute Gasteiger partial charge is 0.189 e. The molecule has 0 bridgehead atoms. The first-order valence-electron chi connectivity index (χ1n) is 9.55. The Bertz CT molecular complexity index is 394. The van der Waals surface area contributed by atoms with Crippen molar-refractivity contribution in [2.24, 2.45) is 5.92 Å². The number of carbonyl (C=O) groups excluding carboxylic acids is 1. The molecule has 3 heteroatoms. The van der Waals surface area contributed by atoms with Crippen LogP contribution in [0.3, 0.4) is 0 Å². The Labute approximate surface area is 150 Å². The van der Waals surface area contributed by atoms with Gasteiger partial charge < -0.3 is 9.47 Å². The van der Waals surface area contributed by atoms with Gasteiger partial charge in [0, 0.05) is 0 Å². The molecule has 3 nitrogen and oxygen atoms in total. The van der Waals surface area contributed by atoms with Crippen LogP contribution in [0.1, 0.15) is 87.5 Å². The average Bonchev–Trinajstić information content (AvgIpc) is 2.53. The second kappa shape index (κ2) is 11.0. The van der Waals surface area contributed by atoms with Gasteiger partial charge in [0.1, 0.15) is 5.60 Å². The van der Waals surface area contributed by atoms with Crippen LogP contribution >= 0.6 is 0 Å². The number of carbonyl (C=O) groups is 1. The predicted molar refractivity (Wildman–Crippen MR) is 102 cm³/mol. The van der Waals surface area contributed by atoms with Gasteiger partial charge in [-0.2, -0.15) is 0 Å². The fraction of sp³-hybridized carbons (Fsp3) is 0.857. The van der Waals surface area contributed by atoms with Crippen molar-refractivity contribution in [3.63, 3.8) is 0 Å². The molecule has 0 rings (SSSR count). The summed E-state index contributed by atoms with van der Waals surface area (Å²) in [4.78, 5) is 12.3. The summed E-state index contributed by atoms with van der Waals surface area (Å²) in [5.41, 5.74) is -0.258. The van der Waals surface area contributed by atoms with Crippen molar-refractivity contribution in [3.05, 3.63) is 11.6 Å². The monoisotopic (exact) mass is 340 g/mol. The highest BCUT2D eigenvalue weighted by molar-refractivity contribution is 6.00. The molecule has 0 aliphatic heterocycles. The van der Waals surface area contributed by atoms with Crippen LogP contribution in [0.5, 0.6) is 0 Å². The van der Waals surface area contributed by atoms with Crippen LogP contribution in [0.25, 0.3) is 0 Å². The van der Waals surface area contributed by atoms with Gasteiger partial charge in [-0.1, -0.05) is 39.2 Å². The van der Waals surface area contributed by atoms with E-state index in [0.717, 1.165) is 25.0 Å². The van der Waals surface area contributed by atoms with Crippen LogP contribution in [0.4, 0.5) is 0 Å². The maximum absolute atomic E-state index is 12.3. The van der Waals surface area contributed by atoms with E-state index in [1.165, 1.54) is 19.3 Å². The highest BCUT2D eigenvalue weighted by Gasteiger charge is 2.30. The zero-order chi connectivity index (χ0) is 18.8. The molecule has 24 heavy (non-hydrogen) atoms. The second-order valence-electron chi connectivity index (χ2n) is 7.90. The minimum Gasteiger partial charge on any atom is -0.375 e. The van der Waals surface area contributed by atoms with Gasteiger partial charge in [-0.15, -0.1) is 0 Å². The van der Waals surface area contributed by atoms with Gasteiger partial charge in [0.2, 0.25) is 0 Å². The first-order chi connectivity index (χ1) is 11.1. The van der Waals surface area contributed by atoms with E-state index in [-0.39, 0.29) is 11.4 Å². The first-order valence-corrected chi connectivity index (χ1v) is 9.55. The van der Waals surface area contributed by atoms with Gasteiger partial charge in [0.15, 0.2) is 5.78 Å². The lowest BCUT2D eigenvalue weighted by Crippen LogP contribution is -2.38. The second-order valence-corrected chi connectivity index (χ2v) is 7.90. The third kappa shape index (κ3) is 8.98. The summed E-state index contributed by atoms with van der Waals surface area (Å²) in [6.07, 6.45) is 7.53. The average molecular weight is 341 g/mol. The Morgan fingerprint density at radius 3 is 2.25 bits per heavy atom. The Morgan fingerprint density at radius 1 is 1.12 bits per heavy atom. The highest BCUT2D eigenvalue weighted by atomic mass is 16.5. The number of Topliss-reactive ketones (excluding diaryl/α,β-unsaturated/α-hetero) is 1. The molecule has 0 saturated carbocycles. The minimum absolute atomic E-state index is 0.0503. The molecule has 0 aromatic rings. The first kappa shape index (κ1) is 23.3. The van der Waals surface area contributed by atoms with Crippen LogP contribution in [-0.2, 0) is 14.3 Å². The Kier molecular flexibility index (Phi) is 10.7. The molecule has 0 aliphatic rings. The summed E-state index contributed by atoms with van der Waals surface area (Å²) in [7, 11) is 0. The van der Waals surface area contributed by atoms with E-state index < -0.39 is 5.60 Å². The minimum atomic E-state index is -0.778. The van der Waals surface area contributed by atoms with Crippen LogP contribution in [0.15, 0.2) is 11.6 Å². The van der Waals surface area contributed by atoms with Crippen LogP contribution < -0.4 is 0 Å². The van der Waals surface area contributed by atoms with Crippen molar-refractivity contribution in [1.29, 1.82) is 0 Å². The van der Waals surface area contributed by atoms with Crippen LogP contribution in [0, 0.1) is 5.92 Å². The van der Waals surface area contributed by atoms with Gasteiger partial charge >= 0.3 is 0 Å². The van der Waals surface area contributed by atoms with Gasteiger partial charge in [-0.25, -0.2) is 0 Å². The van der Waals surface area contributed by atoms with Crippen molar-refractivity contribution in [3.8, 4) is 0 Å². The Balaban J connectivity index is 4.34. The van der Waals surface area contributed by atoms with Crippen LogP contribution in [0.2, 0.25) is 0 Å². The maximum Gasteiger partial charge on any atom is 0.189 e. The Hall–Kier alpha value is -0.670. The van der Waals surface area contributed by atoms with E-state index in [1.807, 2.05) is 33.8 Å². The summed E-state index contributed by atoms with van der Waals surface area (Å²) in [6.45, 7) is 17.4. The van der Waals surface area contributed by atoms with E-state index >= 15 is 0 Å². The fourth-order valence-corrected chi connectivity index (χ4v) is 2.54. The molecule has 1 atom stereocenters. The van der Waals surface area contributed by atoms with Crippen molar-refractivity contribution in [2.75, 3.05) is 13.2 Å². The van der Waals surface area contributed by atoms with Crippen molar-refractivity contribution in [2.45, 2.75) is 98.7 Å². The molecule has 142 valence electrons. The van der Waals surface area contributed by atoms with Gasteiger partial charge in [-0.3, -0.25) is 4.79 Å². The standard InChI is InChI=1S/C21H40O3/c1-9-12-13-18(11-3)16-24-20(5,6)14-15-23-21(7,8)19(22)17(4)10-2/h10,18H,9,11-16H2,1-8H3/b17-10+. The zero-order valence-electron chi connectivity index (χ0n) is 17.3. The van der Waals surface area contributed by atoms with E-state index in [4.69, 9.17) is 9.47 Å². The number of ether oxygens (including phenoxy) is 2. The third-order valence-corrected chi connectivity index (χ3v) is 4.76. The molecule has 1 unspecified atom stereocenters. The summed E-state index contributed by atoms with van der Waals surface area (Å²) in [5, 5.41) is 0. The van der Waals surface area contributed by atoms with Crippen molar-refractivity contribution < 1.29 is 14.3 Å². The molecule has 0 amide bonds. The molecule has 0 aromatic heterocycles. The van der Waals surface area contributed by atoms with Gasteiger partial charge in [0.25, 0.3) is 0 Å². The number of hydrogen-bond acceptors (Lipinski definition) is 3. The molecule has 0 spiro atoms. The molecular formula is C21H40O3. The Morgan fingerprint density at radius 2 is 1.75 bits per heavy atom. The number of rotatable bonds is 13. The highest BCUT2D eigenvalue weighted by Crippen LogP contribution is 2.22. The topological polar surface area (TPSA) is 35.5 Å². The lowest BCUT2D eigenvalue weighted by Gasteiger charge is -2.30. The predicted octanol–water partition coefficient (Wildman–Crippen LogP) is 5.72. The summed E-state index contributed by atoms with van der Waals surface area (Å²) >= 11 is 0. The van der Waals surface area contributed by atoms with Gasteiger partial charge in [-0.05, 0) is 65.9 Å². The molecule has 0 radical (unpaired) electrons. The molecule has 0 heterocycles. The SMILES string of the molecule is C/C=C(\C)C(=O)C(C)(C)OCCC(C)(C)OCC(CC)CCCC. The van der Waals surface area contributed by atoms with E-state index in [1.54, 1.807) is 0 Å². The van der Waals surface area contributed by atoms with E-state index in [9.17, 15) is 4.79 Å². The summed E-state index contributed by atoms with van der Waals surface area (Å²) in [6, 6.07) is 0. The lowest BCUT2D eigenvalue weighted by molar-refractivity contribution is -0.139. The van der Waals surface area contributed by atoms with Crippen molar-refractivity contribution in [1.82, 2.24) is 0 Å². The quantitative estimate of drug-likeness (QED) is 0.402. The van der Waals surface area contributed by atoms with E-state index in [2.05, 4.69) is 27.7 Å². The van der Waals surface area contributed by atoms with Gasteiger partial charge in [0.05, 0.1) is 18.8 Å². The summed E-state index contributed by atoms with van der Waals surface area (Å²) < 4.78 is 12.0. The number of unbranched alkanes of at least 4 members (excludes halogenated alkanes) is 1. The molecule has 0 saturated heterocycles. The maximum atomic E-state index is 12.3. The normalized spacial score (nSPS) is 14.8. The van der Waals surface area contributed by atoms with E-state index in [0.29, 0.717) is 12.5 Å². The number of allylic oxidation sites excluding steroid dienone is 1. The molecule has 0 aliphatic carbocycles. The lowest BCUT2D eigenvalue weighted by atomic mass is 9.97. The third-order valence-electron chi connectivity index (χ3n) is 4.76. The van der Waals surface area contributed by atoms with Crippen LogP contribution in [-0.4, -0.2) is 30.2 Å². The summed E-state index contributed by atoms with van der Waals surface area (Å²) in [5.74, 6) is 0.690.